The fourth-order valence-corrected chi connectivity index (χ4v) is 4.77. The van der Waals surface area contributed by atoms with Gasteiger partial charge in [-0.1, -0.05) is 18.2 Å². The Bertz CT molecular complexity index is 1080. The van der Waals surface area contributed by atoms with Crippen molar-refractivity contribution < 1.29 is 14.3 Å². The van der Waals surface area contributed by atoms with Gasteiger partial charge in [0, 0.05) is 17.1 Å². The Kier molecular flexibility index (Phi) is 4.12. The monoisotopic (exact) mass is 387 g/mol. The van der Waals surface area contributed by atoms with Crippen molar-refractivity contribution in [2.75, 3.05) is 0 Å². The topological polar surface area (TPSA) is 48.3 Å². The Hall–Kier alpha value is -2.88. The van der Waals surface area contributed by atoms with Gasteiger partial charge in [0.05, 0.1) is 11.1 Å². The molecule has 2 aliphatic carbocycles. The van der Waals surface area contributed by atoms with E-state index in [1.54, 1.807) is 0 Å². The summed E-state index contributed by atoms with van der Waals surface area (Å²) in [6.07, 6.45) is 4.47. The zero-order valence-corrected chi connectivity index (χ0v) is 17.1. The van der Waals surface area contributed by atoms with Gasteiger partial charge < -0.3 is 9.30 Å². The van der Waals surface area contributed by atoms with Crippen LogP contribution < -0.4 is 0 Å². The summed E-state index contributed by atoms with van der Waals surface area (Å²) in [5, 5.41) is 0. The van der Waals surface area contributed by atoms with Crippen LogP contribution in [0.3, 0.4) is 0 Å². The highest BCUT2D eigenvalue weighted by molar-refractivity contribution is 6.22. The fraction of sp³-hybridized carbons (Fsp3) is 0.360. The van der Waals surface area contributed by atoms with Crippen molar-refractivity contribution in [3.05, 3.63) is 70.1 Å². The lowest BCUT2D eigenvalue weighted by Gasteiger charge is -2.12. The van der Waals surface area contributed by atoms with Gasteiger partial charge in [-0.25, -0.2) is 9.59 Å². The molecule has 2 aromatic rings. The predicted octanol–water partition coefficient (Wildman–Crippen LogP) is 5.07. The van der Waals surface area contributed by atoms with E-state index >= 15 is 0 Å². The zero-order chi connectivity index (χ0) is 20.3. The molecule has 2 heterocycles. The standard InChI is InChI=1S/C25H25NO3/c1-14-13-20(16(3)26(14)19-7-5-4-6-8-19)15(2)21-23(25(28)29-24(21)27)22(17-9-10-17)18-11-12-18/h4-8,13,17-18H,9-12H2,1-3H3. The molecule has 5 rings (SSSR count). The Balaban J connectivity index is 1.69. The lowest BCUT2D eigenvalue weighted by Crippen LogP contribution is -2.05. The molecule has 2 saturated carbocycles. The van der Waals surface area contributed by atoms with Gasteiger partial charge in [0.1, 0.15) is 0 Å². The van der Waals surface area contributed by atoms with Gasteiger partial charge in [0.2, 0.25) is 0 Å². The van der Waals surface area contributed by atoms with Crippen molar-refractivity contribution in [1.82, 2.24) is 4.57 Å². The number of hydrogen-bond donors (Lipinski definition) is 0. The van der Waals surface area contributed by atoms with Crippen LogP contribution in [0.4, 0.5) is 0 Å². The number of allylic oxidation sites excluding steroid dienone is 2. The highest BCUT2D eigenvalue weighted by Gasteiger charge is 2.46. The highest BCUT2D eigenvalue weighted by atomic mass is 16.6. The van der Waals surface area contributed by atoms with Gasteiger partial charge in [-0.05, 0) is 93.2 Å². The maximum Gasteiger partial charge on any atom is 0.347 e. The van der Waals surface area contributed by atoms with Crippen LogP contribution in [0.25, 0.3) is 11.3 Å². The molecule has 1 aliphatic heterocycles. The summed E-state index contributed by atoms with van der Waals surface area (Å²) in [4.78, 5) is 25.4. The first kappa shape index (κ1) is 18.2. The minimum atomic E-state index is -0.495. The second-order valence-corrected chi connectivity index (χ2v) is 8.51. The molecule has 3 fully saturated rings. The van der Waals surface area contributed by atoms with Crippen molar-refractivity contribution in [1.29, 1.82) is 0 Å². The molecule has 0 N–H and O–H groups in total. The van der Waals surface area contributed by atoms with Crippen LogP contribution in [0.15, 0.2) is 53.1 Å². The quantitative estimate of drug-likeness (QED) is 0.418. The third-order valence-corrected chi connectivity index (χ3v) is 6.39. The van der Waals surface area contributed by atoms with Crippen LogP contribution in [-0.2, 0) is 14.3 Å². The SMILES string of the molecule is CC(=C1C(=O)OC(=O)C1=C(C1CC1)C1CC1)c1cc(C)n(-c2ccccc2)c1C. The van der Waals surface area contributed by atoms with E-state index in [1.165, 1.54) is 5.57 Å². The molecule has 148 valence electrons. The minimum absolute atomic E-state index is 0.449. The summed E-state index contributed by atoms with van der Waals surface area (Å²) in [6, 6.07) is 12.3. The number of nitrogens with zero attached hydrogens (tertiary/aromatic N) is 1. The van der Waals surface area contributed by atoms with E-state index in [-0.39, 0.29) is 0 Å². The van der Waals surface area contributed by atoms with Crippen molar-refractivity contribution in [2.45, 2.75) is 46.5 Å². The smallest absolute Gasteiger partial charge is 0.347 e. The van der Waals surface area contributed by atoms with E-state index < -0.39 is 11.9 Å². The van der Waals surface area contributed by atoms with Crippen molar-refractivity contribution in [2.24, 2.45) is 11.8 Å². The molecule has 0 radical (unpaired) electrons. The van der Waals surface area contributed by atoms with E-state index in [0.717, 1.165) is 53.9 Å². The van der Waals surface area contributed by atoms with Crippen LogP contribution >= 0.6 is 0 Å². The van der Waals surface area contributed by atoms with Crippen LogP contribution in [-0.4, -0.2) is 16.5 Å². The molecule has 1 saturated heterocycles. The minimum Gasteiger partial charge on any atom is -0.386 e. The van der Waals surface area contributed by atoms with Gasteiger partial charge in [0.15, 0.2) is 0 Å². The number of benzene rings is 1. The number of ether oxygens (including phenoxy) is 1. The molecule has 0 atom stereocenters. The molecule has 29 heavy (non-hydrogen) atoms. The number of hydrogen-bond acceptors (Lipinski definition) is 3. The number of carbonyl (C=O) groups excluding carboxylic acids is 2. The summed E-state index contributed by atoms with van der Waals surface area (Å²) >= 11 is 0. The summed E-state index contributed by atoms with van der Waals surface area (Å²) in [5.41, 5.74) is 7.32. The van der Waals surface area contributed by atoms with Crippen LogP contribution in [0.2, 0.25) is 0 Å². The third-order valence-electron chi connectivity index (χ3n) is 6.39. The normalized spacial score (nSPS) is 20.9. The first-order valence-corrected chi connectivity index (χ1v) is 10.4. The van der Waals surface area contributed by atoms with Gasteiger partial charge in [-0.15, -0.1) is 0 Å². The molecule has 0 unspecified atom stereocenters. The summed E-state index contributed by atoms with van der Waals surface area (Å²) in [6.45, 7) is 6.08. The zero-order valence-electron chi connectivity index (χ0n) is 17.1. The Morgan fingerprint density at radius 1 is 0.931 bits per heavy atom. The van der Waals surface area contributed by atoms with Crippen LogP contribution in [0.5, 0.6) is 0 Å². The van der Waals surface area contributed by atoms with Crippen LogP contribution in [0, 0.1) is 25.7 Å². The Morgan fingerprint density at radius 2 is 1.52 bits per heavy atom. The first-order valence-electron chi connectivity index (χ1n) is 10.4. The summed E-state index contributed by atoms with van der Waals surface area (Å²) < 4.78 is 7.32. The molecule has 1 aromatic heterocycles. The van der Waals surface area contributed by atoms with Crippen molar-refractivity contribution in [3.8, 4) is 5.69 Å². The third kappa shape index (κ3) is 2.98. The van der Waals surface area contributed by atoms with Crippen molar-refractivity contribution >= 4 is 17.5 Å². The van der Waals surface area contributed by atoms with Crippen LogP contribution in [0.1, 0.15) is 49.6 Å². The number of para-hydroxylation sites is 1. The number of carbonyl (C=O) groups is 2. The number of rotatable bonds is 4. The number of cyclic esters (lactones) is 2. The highest BCUT2D eigenvalue weighted by Crippen LogP contribution is 2.52. The van der Waals surface area contributed by atoms with E-state index in [2.05, 4.69) is 36.6 Å². The molecule has 0 bridgehead atoms. The van der Waals surface area contributed by atoms with E-state index in [0.29, 0.717) is 23.0 Å². The molecule has 1 aromatic carbocycles. The number of aromatic nitrogens is 1. The maximum atomic E-state index is 12.7. The number of esters is 2. The molecule has 0 amide bonds. The van der Waals surface area contributed by atoms with Gasteiger partial charge in [-0.3, -0.25) is 0 Å². The van der Waals surface area contributed by atoms with Crippen molar-refractivity contribution in [3.63, 3.8) is 0 Å². The van der Waals surface area contributed by atoms with Gasteiger partial charge in [-0.2, -0.15) is 0 Å². The molecule has 0 spiro atoms. The average molecular weight is 387 g/mol. The number of aryl methyl sites for hydroxylation is 1. The second-order valence-electron chi connectivity index (χ2n) is 8.51. The predicted molar refractivity (Wildman–Crippen MR) is 111 cm³/mol. The average Bonchev–Trinajstić information content (AvgIpc) is 3.61. The molecule has 4 nitrogen and oxygen atoms in total. The molecular formula is C25H25NO3. The Morgan fingerprint density at radius 3 is 2.10 bits per heavy atom. The lowest BCUT2D eigenvalue weighted by molar-refractivity contribution is -0.149. The van der Waals surface area contributed by atoms with E-state index in [9.17, 15) is 9.59 Å². The van der Waals surface area contributed by atoms with E-state index in [4.69, 9.17) is 4.74 Å². The fourth-order valence-electron chi connectivity index (χ4n) is 4.77. The molecule has 3 aliphatic rings. The van der Waals surface area contributed by atoms with E-state index in [1.807, 2.05) is 25.1 Å². The Labute approximate surface area is 170 Å². The largest absolute Gasteiger partial charge is 0.386 e. The second kappa shape index (κ2) is 6.58. The first-order chi connectivity index (χ1) is 14.0. The maximum absolute atomic E-state index is 12.7. The van der Waals surface area contributed by atoms with Gasteiger partial charge in [0.25, 0.3) is 0 Å². The van der Waals surface area contributed by atoms with Gasteiger partial charge >= 0.3 is 11.9 Å². The summed E-state index contributed by atoms with van der Waals surface area (Å²) in [5.74, 6) is -0.0353. The molecule has 4 heteroatoms. The lowest BCUT2D eigenvalue weighted by atomic mass is 9.90. The summed E-state index contributed by atoms with van der Waals surface area (Å²) in [7, 11) is 0. The molecular weight excluding hydrogens is 362 g/mol.